The van der Waals surface area contributed by atoms with Crippen molar-refractivity contribution in [3.8, 4) is 0 Å². The summed E-state index contributed by atoms with van der Waals surface area (Å²) in [4.78, 5) is 16.2. The zero-order valence-corrected chi connectivity index (χ0v) is 16.9. The number of thiazole rings is 1. The van der Waals surface area contributed by atoms with Crippen molar-refractivity contribution < 1.29 is 13.2 Å². The maximum absolute atomic E-state index is 12.1. The van der Waals surface area contributed by atoms with Crippen LogP contribution in [0.1, 0.15) is 10.7 Å². The van der Waals surface area contributed by atoms with E-state index in [0.717, 1.165) is 9.31 Å². The van der Waals surface area contributed by atoms with Crippen LogP contribution in [0.2, 0.25) is 0 Å². The largest absolute Gasteiger partial charge is 0.331 e. The fourth-order valence-corrected chi connectivity index (χ4v) is 3.66. The number of sulfonamides is 1. The number of hydrazine groups is 1. The van der Waals surface area contributed by atoms with Gasteiger partial charge in [-0.15, -0.1) is 11.3 Å². The molecule has 0 aliphatic rings. The van der Waals surface area contributed by atoms with Crippen LogP contribution >= 0.6 is 23.6 Å². The standard InChI is InChI=1S/C15H19N5O3S3/c1-10-16-12(9-25-10)8-14(21)18-19-15(24)17-11-5-4-6-13(7-11)26(22,23)20(2)3/h4-7,9H,8H2,1-3H3,(H,18,21)(H2,17,19,24). The van der Waals surface area contributed by atoms with Gasteiger partial charge >= 0.3 is 0 Å². The van der Waals surface area contributed by atoms with Gasteiger partial charge in [0, 0.05) is 25.2 Å². The molecule has 0 spiro atoms. The van der Waals surface area contributed by atoms with Gasteiger partial charge in [0.2, 0.25) is 15.9 Å². The van der Waals surface area contributed by atoms with Gasteiger partial charge in [0.15, 0.2) is 5.11 Å². The molecule has 3 N–H and O–H groups in total. The number of thiocarbonyl (C=S) groups is 1. The molecule has 8 nitrogen and oxygen atoms in total. The number of carbonyl (C=O) groups is 1. The summed E-state index contributed by atoms with van der Waals surface area (Å²) in [6.45, 7) is 1.87. The normalized spacial score (nSPS) is 11.2. The molecule has 26 heavy (non-hydrogen) atoms. The minimum atomic E-state index is -3.54. The molecule has 0 saturated carbocycles. The molecule has 1 amide bonds. The van der Waals surface area contributed by atoms with Gasteiger partial charge in [-0.2, -0.15) is 0 Å². The van der Waals surface area contributed by atoms with E-state index < -0.39 is 10.0 Å². The second kappa shape index (κ2) is 8.54. The first-order chi connectivity index (χ1) is 12.2. The van der Waals surface area contributed by atoms with Crippen LogP contribution < -0.4 is 16.2 Å². The van der Waals surface area contributed by atoms with Gasteiger partial charge in [0.25, 0.3) is 0 Å². The molecular weight excluding hydrogens is 394 g/mol. The second-order valence-electron chi connectivity index (χ2n) is 5.48. The molecule has 0 unspecified atom stereocenters. The predicted molar refractivity (Wildman–Crippen MR) is 105 cm³/mol. The smallest absolute Gasteiger partial charge is 0.244 e. The van der Waals surface area contributed by atoms with Crippen LogP contribution in [0.5, 0.6) is 0 Å². The molecule has 0 aliphatic carbocycles. The topological polar surface area (TPSA) is 103 Å². The third-order valence-corrected chi connectivity index (χ3v) is 6.03. The average Bonchev–Trinajstić information content (AvgIpc) is 2.98. The number of nitrogens with one attached hydrogen (secondary N) is 3. The van der Waals surface area contributed by atoms with E-state index in [4.69, 9.17) is 12.2 Å². The Balaban J connectivity index is 1.91. The third-order valence-electron chi connectivity index (χ3n) is 3.19. The van der Waals surface area contributed by atoms with Gasteiger partial charge in [0.05, 0.1) is 22.0 Å². The second-order valence-corrected chi connectivity index (χ2v) is 9.10. The van der Waals surface area contributed by atoms with E-state index in [0.29, 0.717) is 11.4 Å². The molecule has 2 rings (SSSR count). The van der Waals surface area contributed by atoms with Crippen LogP contribution in [-0.4, -0.2) is 42.8 Å². The van der Waals surface area contributed by atoms with Crippen LogP contribution in [0.4, 0.5) is 5.69 Å². The van der Waals surface area contributed by atoms with Gasteiger partial charge in [-0.1, -0.05) is 6.07 Å². The highest BCUT2D eigenvalue weighted by Crippen LogP contribution is 2.17. The Bertz CT molecular complexity index is 909. The van der Waals surface area contributed by atoms with E-state index in [1.807, 2.05) is 12.3 Å². The number of nitrogens with zero attached hydrogens (tertiary/aromatic N) is 2. The summed E-state index contributed by atoms with van der Waals surface area (Å²) in [6, 6.07) is 6.23. The molecule has 1 heterocycles. The summed E-state index contributed by atoms with van der Waals surface area (Å²) in [5.74, 6) is -0.289. The first-order valence-corrected chi connectivity index (χ1v) is 10.2. The van der Waals surface area contributed by atoms with Crippen molar-refractivity contribution in [2.45, 2.75) is 18.2 Å². The lowest BCUT2D eigenvalue weighted by Gasteiger charge is -2.14. The van der Waals surface area contributed by atoms with E-state index in [1.165, 1.54) is 37.6 Å². The van der Waals surface area contributed by atoms with Crippen molar-refractivity contribution in [3.63, 3.8) is 0 Å². The molecule has 0 fully saturated rings. The van der Waals surface area contributed by atoms with Crippen molar-refractivity contribution in [2.75, 3.05) is 19.4 Å². The molecule has 140 valence electrons. The Labute approximate surface area is 161 Å². The molecule has 0 radical (unpaired) electrons. The highest BCUT2D eigenvalue weighted by Gasteiger charge is 2.17. The number of hydrogen-bond donors (Lipinski definition) is 3. The molecule has 0 aliphatic heterocycles. The van der Waals surface area contributed by atoms with Crippen LogP contribution in [0.15, 0.2) is 34.5 Å². The van der Waals surface area contributed by atoms with Crippen molar-refractivity contribution >= 4 is 50.3 Å². The number of aryl methyl sites for hydroxylation is 1. The van der Waals surface area contributed by atoms with Gasteiger partial charge in [0.1, 0.15) is 0 Å². The molecule has 1 aromatic carbocycles. The minimum absolute atomic E-state index is 0.132. The van der Waals surface area contributed by atoms with Crippen molar-refractivity contribution in [3.05, 3.63) is 40.3 Å². The monoisotopic (exact) mass is 413 g/mol. The van der Waals surface area contributed by atoms with E-state index in [1.54, 1.807) is 12.1 Å². The van der Waals surface area contributed by atoms with Crippen LogP contribution in [0, 0.1) is 6.92 Å². The summed E-state index contributed by atoms with van der Waals surface area (Å²) < 4.78 is 25.4. The number of anilines is 1. The SMILES string of the molecule is Cc1nc(CC(=O)NNC(=S)Nc2cccc(S(=O)(=O)N(C)C)c2)cs1. The van der Waals surface area contributed by atoms with E-state index in [-0.39, 0.29) is 22.3 Å². The first-order valence-electron chi connectivity index (χ1n) is 7.48. The lowest BCUT2D eigenvalue weighted by atomic mass is 10.3. The fourth-order valence-electron chi connectivity index (χ4n) is 1.93. The van der Waals surface area contributed by atoms with Gasteiger partial charge in [-0.25, -0.2) is 17.7 Å². The van der Waals surface area contributed by atoms with Crippen LogP contribution in [0.3, 0.4) is 0 Å². The molecule has 0 atom stereocenters. The summed E-state index contributed by atoms with van der Waals surface area (Å²) in [5, 5.41) is 5.67. The van der Waals surface area contributed by atoms with Gasteiger partial charge < -0.3 is 5.32 Å². The van der Waals surface area contributed by atoms with Crippen LogP contribution in [0.25, 0.3) is 0 Å². The van der Waals surface area contributed by atoms with E-state index in [9.17, 15) is 13.2 Å². The van der Waals surface area contributed by atoms with Gasteiger partial charge in [-0.3, -0.25) is 15.6 Å². The maximum atomic E-state index is 12.1. The molecule has 1 aromatic heterocycles. The first kappa shape index (κ1) is 20.2. The zero-order chi connectivity index (χ0) is 19.3. The predicted octanol–water partition coefficient (Wildman–Crippen LogP) is 1.26. The Morgan fingerprint density at radius 1 is 1.31 bits per heavy atom. The lowest BCUT2D eigenvalue weighted by molar-refractivity contribution is -0.121. The molecule has 0 bridgehead atoms. The number of rotatable bonds is 5. The van der Waals surface area contributed by atoms with Gasteiger partial charge in [-0.05, 0) is 37.3 Å². The number of amides is 1. The minimum Gasteiger partial charge on any atom is -0.331 e. The molecule has 0 saturated heterocycles. The Morgan fingerprint density at radius 2 is 2.04 bits per heavy atom. The summed E-state index contributed by atoms with van der Waals surface area (Å²) in [6.07, 6.45) is 0.135. The number of hydrogen-bond acceptors (Lipinski definition) is 6. The lowest BCUT2D eigenvalue weighted by Crippen LogP contribution is -2.44. The van der Waals surface area contributed by atoms with Crippen molar-refractivity contribution in [1.29, 1.82) is 0 Å². The summed E-state index contributed by atoms with van der Waals surface area (Å²) in [7, 11) is -0.621. The third kappa shape index (κ3) is 5.46. The highest BCUT2D eigenvalue weighted by atomic mass is 32.2. The number of benzene rings is 1. The summed E-state index contributed by atoms with van der Waals surface area (Å²) >= 11 is 6.58. The number of aromatic nitrogens is 1. The fraction of sp³-hybridized carbons (Fsp3) is 0.267. The Morgan fingerprint density at radius 3 is 2.65 bits per heavy atom. The van der Waals surface area contributed by atoms with Crippen molar-refractivity contribution in [1.82, 2.24) is 20.1 Å². The maximum Gasteiger partial charge on any atom is 0.244 e. The Hall–Kier alpha value is -2.08. The van der Waals surface area contributed by atoms with Crippen molar-refractivity contribution in [2.24, 2.45) is 0 Å². The van der Waals surface area contributed by atoms with Crippen LogP contribution in [-0.2, 0) is 21.2 Å². The van der Waals surface area contributed by atoms with E-state index >= 15 is 0 Å². The summed E-state index contributed by atoms with van der Waals surface area (Å²) in [5.41, 5.74) is 6.21. The quantitative estimate of drug-likeness (QED) is 0.501. The molecule has 2 aromatic rings. The molecule has 11 heteroatoms. The number of carbonyl (C=O) groups excluding carboxylic acids is 1. The highest BCUT2D eigenvalue weighted by molar-refractivity contribution is 7.89. The van der Waals surface area contributed by atoms with E-state index in [2.05, 4.69) is 21.2 Å². The Kier molecular flexibility index (Phi) is 6.64. The zero-order valence-electron chi connectivity index (χ0n) is 14.4. The molecular formula is C15H19N5O3S3. The average molecular weight is 414 g/mol.